The highest BCUT2D eigenvalue weighted by Crippen LogP contribution is 2.29. The maximum Gasteiger partial charge on any atom is 0.222 e. The molecule has 6 nitrogen and oxygen atoms in total. The van der Waals surface area contributed by atoms with Crippen molar-refractivity contribution in [1.82, 2.24) is 10.2 Å². The first-order chi connectivity index (χ1) is 15.0. The lowest BCUT2D eigenvalue weighted by Gasteiger charge is -2.33. The summed E-state index contributed by atoms with van der Waals surface area (Å²) in [4.78, 5) is 31.8. The Morgan fingerprint density at radius 2 is 1.84 bits per heavy atom. The summed E-state index contributed by atoms with van der Waals surface area (Å²) in [6.45, 7) is 2.52. The summed E-state index contributed by atoms with van der Waals surface area (Å²) in [5, 5.41) is 3.17. The van der Waals surface area contributed by atoms with Gasteiger partial charge < -0.3 is 16.0 Å². The molecule has 0 aromatic heterocycles. The lowest BCUT2D eigenvalue weighted by Crippen LogP contribution is -2.47. The molecule has 2 aliphatic rings. The number of aliphatic imine (C=N–C) groups is 1. The van der Waals surface area contributed by atoms with Crippen molar-refractivity contribution in [1.29, 1.82) is 0 Å². The summed E-state index contributed by atoms with van der Waals surface area (Å²) < 4.78 is 0. The molecular formula is C25H30N4O2. The minimum atomic E-state index is -0.0889. The molecule has 2 aromatic rings. The summed E-state index contributed by atoms with van der Waals surface area (Å²) in [5.74, 6) is 0.455. The van der Waals surface area contributed by atoms with Gasteiger partial charge in [-0.3, -0.25) is 9.59 Å². The van der Waals surface area contributed by atoms with E-state index in [1.165, 1.54) is 19.3 Å². The second-order valence-corrected chi connectivity index (χ2v) is 8.59. The van der Waals surface area contributed by atoms with Crippen LogP contribution in [-0.4, -0.2) is 34.6 Å². The lowest BCUT2D eigenvalue weighted by atomic mass is 9.95. The van der Waals surface area contributed by atoms with Crippen molar-refractivity contribution in [2.45, 2.75) is 64.1 Å². The van der Waals surface area contributed by atoms with Gasteiger partial charge in [-0.1, -0.05) is 49.6 Å². The molecule has 4 rings (SSSR count). The standard InChI is InChI=1S/C25H30N4O2/c1-17(14-23(30)27-21-10-6-3-7-11-21)29-16-20-15-19(12-13-22(20)28-25(29)26)24(31)18-8-4-2-5-9-18/h2,4-5,8-9,12-13,15,17,21H,3,6-7,10-11,14,16H2,1H3,(H2,26,28)(H,27,30). The third-order valence-corrected chi connectivity index (χ3v) is 6.23. The van der Waals surface area contributed by atoms with Crippen molar-refractivity contribution >= 4 is 23.3 Å². The number of fused-ring (bicyclic) bond motifs is 1. The fourth-order valence-corrected chi connectivity index (χ4v) is 4.46. The first kappa shape index (κ1) is 21.1. The fraction of sp³-hybridized carbons (Fsp3) is 0.400. The van der Waals surface area contributed by atoms with Gasteiger partial charge >= 0.3 is 0 Å². The number of benzene rings is 2. The van der Waals surface area contributed by atoms with Gasteiger partial charge in [-0.05, 0) is 43.5 Å². The first-order valence-electron chi connectivity index (χ1n) is 11.1. The largest absolute Gasteiger partial charge is 0.369 e. The number of amides is 1. The molecule has 2 aromatic carbocycles. The van der Waals surface area contributed by atoms with E-state index in [0.717, 1.165) is 24.1 Å². The Morgan fingerprint density at radius 3 is 2.58 bits per heavy atom. The van der Waals surface area contributed by atoms with Gasteiger partial charge in [-0.25, -0.2) is 4.99 Å². The van der Waals surface area contributed by atoms with Crippen LogP contribution in [0.25, 0.3) is 0 Å². The number of nitrogens with one attached hydrogen (secondary N) is 1. The Bertz CT molecular complexity index is 980. The summed E-state index contributed by atoms with van der Waals surface area (Å²) in [6.07, 6.45) is 6.14. The van der Waals surface area contributed by atoms with Crippen LogP contribution < -0.4 is 11.1 Å². The second kappa shape index (κ2) is 9.33. The van der Waals surface area contributed by atoms with Crippen molar-refractivity contribution in [3.63, 3.8) is 0 Å². The summed E-state index contributed by atoms with van der Waals surface area (Å²) in [6, 6.07) is 15.0. The van der Waals surface area contributed by atoms with E-state index in [4.69, 9.17) is 5.73 Å². The summed E-state index contributed by atoms with van der Waals surface area (Å²) in [5.41, 5.74) is 9.22. The van der Waals surface area contributed by atoms with Gasteiger partial charge in [0.2, 0.25) is 5.91 Å². The number of guanidine groups is 1. The third-order valence-electron chi connectivity index (χ3n) is 6.23. The van der Waals surface area contributed by atoms with E-state index in [1.54, 1.807) is 6.07 Å². The van der Waals surface area contributed by atoms with E-state index < -0.39 is 0 Å². The number of hydrogen-bond donors (Lipinski definition) is 2. The van der Waals surface area contributed by atoms with Crippen LogP contribution in [0.1, 0.15) is 66.9 Å². The zero-order chi connectivity index (χ0) is 21.8. The monoisotopic (exact) mass is 418 g/mol. The molecule has 6 heteroatoms. The Morgan fingerprint density at radius 1 is 1.10 bits per heavy atom. The molecule has 0 bridgehead atoms. The van der Waals surface area contributed by atoms with Crippen LogP contribution in [-0.2, 0) is 11.3 Å². The van der Waals surface area contributed by atoms with Gasteiger partial charge in [0.15, 0.2) is 11.7 Å². The van der Waals surface area contributed by atoms with Crippen molar-refractivity contribution in [2.24, 2.45) is 10.7 Å². The Hall–Kier alpha value is -3.15. The van der Waals surface area contributed by atoms with E-state index in [1.807, 2.05) is 54.3 Å². The van der Waals surface area contributed by atoms with Crippen molar-refractivity contribution in [2.75, 3.05) is 0 Å². The van der Waals surface area contributed by atoms with Crippen LogP contribution in [0.4, 0.5) is 5.69 Å². The highest BCUT2D eigenvalue weighted by Gasteiger charge is 2.26. The Labute approximate surface area is 183 Å². The van der Waals surface area contributed by atoms with Gasteiger partial charge in [0.1, 0.15) is 0 Å². The molecule has 1 unspecified atom stereocenters. The average molecular weight is 419 g/mol. The zero-order valence-electron chi connectivity index (χ0n) is 18.0. The molecule has 1 aliphatic heterocycles. The fourth-order valence-electron chi connectivity index (χ4n) is 4.46. The molecule has 1 saturated carbocycles. The summed E-state index contributed by atoms with van der Waals surface area (Å²) in [7, 11) is 0. The molecule has 0 saturated heterocycles. The predicted octanol–water partition coefficient (Wildman–Crippen LogP) is 3.91. The van der Waals surface area contributed by atoms with Crippen molar-refractivity contribution in [3.8, 4) is 0 Å². The zero-order valence-corrected chi connectivity index (χ0v) is 18.0. The quantitative estimate of drug-likeness (QED) is 0.697. The van der Waals surface area contributed by atoms with Gasteiger partial charge in [0.05, 0.1) is 5.69 Å². The molecular weight excluding hydrogens is 388 g/mol. The first-order valence-corrected chi connectivity index (χ1v) is 11.1. The van der Waals surface area contributed by atoms with E-state index in [9.17, 15) is 9.59 Å². The number of ketones is 1. The lowest BCUT2D eigenvalue weighted by molar-refractivity contribution is -0.122. The minimum absolute atomic E-state index is 0.0163. The molecule has 3 N–H and O–H groups in total. The van der Waals surface area contributed by atoms with Crippen LogP contribution in [0, 0.1) is 0 Å². The number of carbonyl (C=O) groups is 2. The number of rotatable bonds is 6. The normalized spacial score (nSPS) is 17.5. The van der Waals surface area contributed by atoms with E-state index in [2.05, 4.69) is 10.3 Å². The van der Waals surface area contributed by atoms with Crippen LogP contribution in [0.5, 0.6) is 0 Å². The summed E-state index contributed by atoms with van der Waals surface area (Å²) >= 11 is 0. The van der Waals surface area contributed by atoms with Gasteiger partial charge in [0.25, 0.3) is 0 Å². The number of nitrogens with two attached hydrogens (primary N) is 1. The highest BCUT2D eigenvalue weighted by molar-refractivity contribution is 6.09. The average Bonchev–Trinajstić information content (AvgIpc) is 2.79. The molecule has 1 atom stereocenters. The van der Waals surface area contributed by atoms with Crippen LogP contribution in [0.3, 0.4) is 0 Å². The number of carbonyl (C=O) groups excluding carboxylic acids is 2. The highest BCUT2D eigenvalue weighted by atomic mass is 16.1. The molecule has 0 spiro atoms. The predicted molar refractivity (Wildman–Crippen MR) is 122 cm³/mol. The van der Waals surface area contributed by atoms with Crippen LogP contribution in [0.15, 0.2) is 53.5 Å². The van der Waals surface area contributed by atoms with E-state index in [0.29, 0.717) is 36.1 Å². The van der Waals surface area contributed by atoms with E-state index >= 15 is 0 Å². The molecule has 1 fully saturated rings. The molecule has 162 valence electrons. The van der Waals surface area contributed by atoms with Crippen LogP contribution >= 0.6 is 0 Å². The number of nitrogens with zero attached hydrogens (tertiary/aromatic N) is 2. The van der Waals surface area contributed by atoms with Gasteiger partial charge in [-0.15, -0.1) is 0 Å². The molecule has 1 amide bonds. The maximum absolute atomic E-state index is 12.8. The molecule has 1 aliphatic carbocycles. The minimum Gasteiger partial charge on any atom is -0.369 e. The van der Waals surface area contributed by atoms with Crippen molar-refractivity contribution < 1.29 is 9.59 Å². The Kier molecular flexibility index (Phi) is 6.35. The number of hydrogen-bond acceptors (Lipinski definition) is 5. The smallest absolute Gasteiger partial charge is 0.222 e. The maximum atomic E-state index is 12.8. The molecule has 31 heavy (non-hydrogen) atoms. The molecule has 0 radical (unpaired) electrons. The third kappa shape index (κ3) is 4.95. The molecule has 1 heterocycles. The van der Waals surface area contributed by atoms with Gasteiger partial charge in [0, 0.05) is 36.2 Å². The second-order valence-electron chi connectivity index (χ2n) is 8.59. The van der Waals surface area contributed by atoms with E-state index in [-0.39, 0.29) is 17.7 Å². The topological polar surface area (TPSA) is 87.8 Å². The SMILES string of the molecule is CC(CC(=O)NC1CCCCC1)N1Cc2cc(C(=O)c3ccccc3)ccc2N=C1N. The van der Waals surface area contributed by atoms with Crippen LogP contribution in [0.2, 0.25) is 0 Å². The van der Waals surface area contributed by atoms with Gasteiger partial charge in [-0.2, -0.15) is 0 Å². The Balaban J connectivity index is 1.44. The van der Waals surface area contributed by atoms with Crippen molar-refractivity contribution in [3.05, 3.63) is 65.2 Å².